The van der Waals surface area contributed by atoms with Crippen LogP contribution in [0.1, 0.15) is 25.3 Å². The molecule has 0 radical (unpaired) electrons. The molecule has 2 saturated heterocycles. The molecule has 166 valence electrons. The minimum atomic E-state index is -2.90. The highest BCUT2D eigenvalue weighted by atomic mass is 35.5. The number of rotatable bonds is 7. The predicted octanol–water partition coefficient (Wildman–Crippen LogP) is 2.48. The van der Waals surface area contributed by atoms with Crippen LogP contribution >= 0.6 is 11.6 Å². The van der Waals surface area contributed by atoms with Gasteiger partial charge in [0.2, 0.25) is 5.91 Å². The van der Waals surface area contributed by atoms with Crippen LogP contribution in [0.15, 0.2) is 18.2 Å². The van der Waals surface area contributed by atoms with E-state index in [-0.39, 0.29) is 23.5 Å². The van der Waals surface area contributed by atoms with Crippen LogP contribution in [0.5, 0.6) is 11.5 Å². The first-order chi connectivity index (χ1) is 14.3. The standard InChI is InChI=1S/C21H29ClN2O5S/c1-3-11-29-21-18(22)13-16(14-19(21)28-2)4-5-20(25)24-9-7-23(8-10-24)17-6-12-30(26,27)15-17/h4-5,13-14,17H,3,6-12,15H2,1-2H3/b5-4+. The average molecular weight is 457 g/mol. The van der Waals surface area contributed by atoms with Crippen LogP contribution in [0.3, 0.4) is 0 Å². The van der Waals surface area contributed by atoms with Crippen molar-refractivity contribution in [2.75, 3.05) is 51.4 Å². The second-order valence-corrected chi connectivity index (χ2v) is 10.3. The molecule has 1 aromatic carbocycles. The molecule has 2 fully saturated rings. The Labute approximate surface area is 183 Å². The summed E-state index contributed by atoms with van der Waals surface area (Å²) < 4.78 is 34.4. The number of amides is 1. The Balaban J connectivity index is 1.58. The van der Waals surface area contributed by atoms with E-state index < -0.39 is 9.84 Å². The minimum absolute atomic E-state index is 0.0740. The maximum Gasteiger partial charge on any atom is 0.246 e. The van der Waals surface area contributed by atoms with Crippen molar-refractivity contribution in [3.05, 3.63) is 28.8 Å². The zero-order valence-corrected chi connectivity index (χ0v) is 19.0. The Morgan fingerprint density at radius 2 is 2.00 bits per heavy atom. The van der Waals surface area contributed by atoms with E-state index in [0.29, 0.717) is 55.7 Å². The van der Waals surface area contributed by atoms with E-state index in [2.05, 4.69) is 4.90 Å². The Morgan fingerprint density at radius 3 is 2.60 bits per heavy atom. The third-order valence-electron chi connectivity index (χ3n) is 5.47. The first-order valence-corrected chi connectivity index (χ1v) is 12.4. The zero-order valence-electron chi connectivity index (χ0n) is 17.5. The second-order valence-electron chi connectivity index (χ2n) is 7.63. The van der Waals surface area contributed by atoms with E-state index in [0.717, 1.165) is 12.0 Å². The van der Waals surface area contributed by atoms with Gasteiger partial charge in [0.25, 0.3) is 0 Å². The first kappa shape index (κ1) is 22.9. The summed E-state index contributed by atoms with van der Waals surface area (Å²) >= 11 is 6.33. The fraction of sp³-hybridized carbons (Fsp3) is 0.571. The normalized spacial score (nSPS) is 21.8. The molecule has 1 amide bonds. The van der Waals surface area contributed by atoms with E-state index in [9.17, 15) is 13.2 Å². The van der Waals surface area contributed by atoms with Crippen LogP contribution in [0.25, 0.3) is 6.08 Å². The number of piperazine rings is 1. The number of carbonyl (C=O) groups excluding carboxylic acids is 1. The molecule has 3 rings (SSSR count). The van der Waals surface area contributed by atoms with Crippen molar-refractivity contribution in [2.24, 2.45) is 0 Å². The number of sulfone groups is 1. The number of hydrogen-bond donors (Lipinski definition) is 0. The van der Waals surface area contributed by atoms with E-state index in [1.54, 1.807) is 30.2 Å². The molecule has 1 unspecified atom stereocenters. The highest BCUT2D eigenvalue weighted by Crippen LogP contribution is 2.36. The van der Waals surface area contributed by atoms with Crippen molar-refractivity contribution < 1.29 is 22.7 Å². The van der Waals surface area contributed by atoms with Crippen LogP contribution in [0.4, 0.5) is 0 Å². The number of hydrogen-bond acceptors (Lipinski definition) is 6. The molecular weight excluding hydrogens is 428 g/mol. The number of benzene rings is 1. The lowest BCUT2D eigenvalue weighted by Gasteiger charge is -2.37. The molecule has 0 N–H and O–H groups in total. The molecule has 0 saturated carbocycles. The Kier molecular flexibility index (Phi) is 7.65. The van der Waals surface area contributed by atoms with Gasteiger partial charge in [-0.1, -0.05) is 18.5 Å². The summed E-state index contributed by atoms with van der Waals surface area (Å²) in [6.45, 7) is 5.13. The largest absolute Gasteiger partial charge is 0.493 e. The van der Waals surface area contributed by atoms with Crippen LogP contribution in [0.2, 0.25) is 5.02 Å². The highest BCUT2D eigenvalue weighted by Gasteiger charge is 2.34. The van der Waals surface area contributed by atoms with Gasteiger partial charge in [-0.25, -0.2) is 8.42 Å². The van der Waals surface area contributed by atoms with Crippen LogP contribution in [-0.4, -0.2) is 81.6 Å². The average Bonchev–Trinajstić information content (AvgIpc) is 3.10. The first-order valence-electron chi connectivity index (χ1n) is 10.2. The minimum Gasteiger partial charge on any atom is -0.493 e. The summed E-state index contributed by atoms with van der Waals surface area (Å²) in [4.78, 5) is 16.6. The molecule has 2 aliphatic rings. The molecule has 1 aromatic rings. The molecule has 7 nitrogen and oxygen atoms in total. The molecule has 0 bridgehead atoms. The number of nitrogens with zero attached hydrogens (tertiary/aromatic N) is 2. The highest BCUT2D eigenvalue weighted by molar-refractivity contribution is 7.91. The summed E-state index contributed by atoms with van der Waals surface area (Å²) in [6, 6.07) is 3.63. The maximum absolute atomic E-state index is 12.6. The van der Waals surface area contributed by atoms with Crippen molar-refractivity contribution >= 4 is 33.4 Å². The number of halogens is 1. The Morgan fingerprint density at radius 1 is 1.27 bits per heavy atom. The second kappa shape index (κ2) is 10.0. The summed E-state index contributed by atoms with van der Waals surface area (Å²) in [5.41, 5.74) is 0.754. The monoisotopic (exact) mass is 456 g/mol. The van der Waals surface area contributed by atoms with Gasteiger partial charge in [-0.3, -0.25) is 9.69 Å². The third kappa shape index (κ3) is 5.68. The van der Waals surface area contributed by atoms with Crippen molar-refractivity contribution in [2.45, 2.75) is 25.8 Å². The van der Waals surface area contributed by atoms with Crippen LogP contribution in [-0.2, 0) is 14.6 Å². The van der Waals surface area contributed by atoms with Crippen LogP contribution in [0, 0.1) is 0 Å². The smallest absolute Gasteiger partial charge is 0.246 e. The Hall–Kier alpha value is -1.77. The molecule has 0 spiro atoms. The lowest BCUT2D eigenvalue weighted by atomic mass is 10.1. The van der Waals surface area contributed by atoms with E-state index in [1.807, 2.05) is 6.92 Å². The summed E-state index contributed by atoms with van der Waals surface area (Å²) in [7, 11) is -1.34. The number of carbonyl (C=O) groups is 1. The van der Waals surface area contributed by atoms with E-state index in [4.69, 9.17) is 21.1 Å². The predicted molar refractivity (Wildman–Crippen MR) is 118 cm³/mol. The van der Waals surface area contributed by atoms with Crippen LogP contribution < -0.4 is 9.47 Å². The molecular formula is C21H29ClN2O5S. The van der Waals surface area contributed by atoms with E-state index >= 15 is 0 Å². The summed E-state index contributed by atoms with van der Waals surface area (Å²) in [6.07, 6.45) is 4.81. The topological polar surface area (TPSA) is 76.2 Å². The molecule has 30 heavy (non-hydrogen) atoms. The molecule has 2 heterocycles. The zero-order chi connectivity index (χ0) is 21.7. The quantitative estimate of drug-likeness (QED) is 0.587. The lowest BCUT2D eigenvalue weighted by Crippen LogP contribution is -2.52. The summed E-state index contributed by atoms with van der Waals surface area (Å²) in [5, 5.41) is 0.440. The number of ether oxygens (including phenoxy) is 2. The lowest BCUT2D eigenvalue weighted by molar-refractivity contribution is -0.127. The fourth-order valence-corrected chi connectivity index (χ4v) is 5.86. The molecule has 2 aliphatic heterocycles. The SMILES string of the molecule is CCCOc1c(Cl)cc(/C=C/C(=O)N2CCN(C3CCS(=O)(=O)C3)CC2)cc1OC. The van der Waals surface area contributed by atoms with Gasteiger partial charge < -0.3 is 14.4 Å². The van der Waals surface area contributed by atoms with Gasteiger partial charge in [-0.15, -0.1) is 0 Å². The van der Waals surface area contributed by atoms with Crippen molar-refractivity contribution in [1.82, 2.24) is 9.80 Å². The maximum atomic E-state index is 12.6. The third-order valence-corrected chi connectivity index (χ3v) is 7.50. The Bertz CT molecular complexity index is 895. The number of methoxy groups -OCH3 is 1. The van der Waals surface area contributed by atoms with Gasteiger partial charge in [0.05, 0.1) is 30.2 Å². The fourth-order valence-electron chi connectivity index (χ4n) is 3.82. The van der Waals surface area contributed by atoms with Crippen molar-refractivity contribution in [3.63, 3.8) is 0 Å². The van der Waals surface area contributed by atoms with Gasteiger partial charge in [0.15, 0.2) is 21.3 Å². The van der Waals surface area contributed by atoms with Gasteiger partial charge >= 0.3 is 0 Å². The molecule has 9 heteroatoms. The van der Waals surface area contributed by atoms with Gasteiger partial charge in [-0.2, -0.15) is 0 Å². The molecule has 0 aliphatic carbocycles. The van der Waals surface area contributed by atoms with Gasteiger partial charge in [0.1, 0.15) is 0 Å². The van der Waals surface area contributed by atoms with Crippen molar-refractivity contribution in [3.8, 4) is 11.5 Å². The molecule has 1 atom stereocenters. The molecule has 0 aromatic heterocycles. The van der Waals surface area contributed by atoms with Gasteiger partial charge in [0, 0.05) is 38.3 Å². The van der Waals surface area contributed by atoms with Crippen molar-refractivity contribution in [1.29, 1.82) is 0 Å². The van der Waals surface area contributed by atoms with Gasteiger partial charge in [-0.05, 0) is 36.6 Å². The summed E-state index contributed by atoms with van der Waals surface area (Å²) in [5.74, 6) is 1.47. The van der Waals surface area contributed by atoms with E-state index in [1.165, 1.54) is 6.08 Å².